The summed E-state index contributed by atoms with van der Waals surface area (Å²) in [5, 5.41) is 1.30. The smallest absolute Gasteiger partial charge is 0.0464 e. The molecule has 0 bridgehead atoms. The molecule has 0 amide bonds. The first-order chi connectivity index (χ1) is 8.90. The van der Waals surface area contributed by atoms with Crippen LogP contribution in [0.25, 0.3) is 22.2 Å². The van der Waals surface area contributed by atoms with Gasteiger partial charge in [-0.05, 0) is 42.0 Å². The second kappa shape index (κ2) is 3.74. The molecule has 18 heavy (non-hydrogen) atoms. The topological polar surface area (TPSA) is 15.8 Å². The monoisotopic (exact) mass is 233 g/mol. The van der Waals surface area contributed by atoms with E-state index in [4.69, 9.17) is 0 Å². The van der Waals surface area contributed by atoms with Gasteiger partial charge in [0.2, 0.25) is 0 Å². The van der Waals surface area contributed by atoms with Gasteiger partial charge in [0, 0.05) is 16.6 Å². The highest BCUT2D eigenvalue weighted by atomic mass is 14.7. The van der Waals surface area contributed by atoms with E-state index in [0.29, 0.717) is 0 Å². The summed E-state index contributed by atoms with van der Waals surface area (Å²) >= 11 is 0. The molecule has 1 aromatic heterocycles. The van der Waals surface area contributed by atoms with E-state index in [1.807, 2.05) is 0 Å². The zero-order chi connectivity index (χ0) is 11.9. The van der Waals surface area contributed by atoms with E-state index >= 15 is 0 Å². The van der Waals surface area contributed by atoms with Gasteiger partial charge in [-0.3, -0.25) is 0 Å². The third-order valence-electron chi connectivity index (χ3n) is 3.78. The van der Waals surface area contributed by atoms with E-state index in [9.17, 15) is 0 Å². The van der Waals surface area contributed by atoms with E-state index in [0.717, 1.165) is 5.92 Å². The van der Waals surface area contributed by atoms with E-state index in [1.54, 1.807) is 0 Å². The van der Waals surface area contributed by atoms with Crippen molar-refractivity contribution in [2.45, 2.75) is 18.8 Å². The van der Waals surface area contributed by atoms with Crippen LogP contribution in [0.2, 0.25) is 0 Å². The van der Waals surface area contributed by atoms with Crippen molar-refractivity contribution < 1.29 is 0 Å². The van der Waals surface area contributed by atoms with Gasteiger partial charge < -0.3 is 4.98 Å². The van der Waals surface area contributed by atoms with E-state index in [-0.39, 0.29) is 0 Å². The van der Waals surface area contributed by atoms with Gasteiger partial charge in [-0.1, -0.05) is 42.5 Å². The number of hydrogen-bond acceptors (Lipinski definition) is 0. The van der Waals surface area contributed by atoms with Crippen molar-refractivity contribution in [3.8, 4) is 11.3 Å². The fourth-order valence-corrected chi connectivity index (χ4v) is 2.59. The van der Waals surface area contributed by atoms with Crippen molar-refractivity contribution in [2.24, 2.45) is 0 Å². The van der Waals surface area contributed by atoms with Gasteiger partial charge in [-0.2, -0.15) is 0 Å². The number of nitrogens with one attached hydrogen (secondary N) is 1. The molecule has 3 aromatic rings. The maximum Gasteiger partial charge on any atom is 0.0464 e. The van der Waals surface area contributed by atoms with Crippen molar-refractivity contribution >= 4 is 10.9 Å². The summed E-state index contributed by atoms with van der Waals surface area (Å²) in [5.41, 5.74) is 5.21. The summed E-state index contributed by atoms with van der Waals surface area (Å²) in [4.78, 5) is 3.53. The average Bonchev–Trinajstić information content (AvgIpc) is 3.18. The van der Waals surface area contributed by atoms with Gasteiger partial charge in [0.1, 0.15) is 0 Å². The number of aromatic amines is 1. The average molecular weight is 233 g/mol. The molecule has 0 aliphatic heterocycles. The second-order valence-electron chi connectivity index (χ2n) is 5.17. The minimum absolute atomic E-state index is 0.817. The lowest BCUT2D eigenvalue weighted by atomic mass is 10.1. The Kier molecular flexibility index (Phi) is 2.07. The number of rotatable bonds is 2. The predicted molar refractivity (Wildman–Crippen MR) is 75.7 cm³/mol. The van der Waals surface area contributed by atoms with Crippen LogP contribution in [0.5, 0.6) is 0 Å². The summed E-state index contributed by atoms with van der Waals surface area (Å²) < 4.78 is 0. The summed E-state index contributed by atoms with van der Waals surface area (Å²) in [6.07, 6.45) is 2.72. The standard InChI is InChI=1S/C17H15N/c1-2-4-13(5-3-1)16-11-15-9-8-14(12-6-7-12)10-17(15)18-16/h1-5,8-12,18H,6-7H2. The minimum atomic E-state index is 0.817. The van der Waals surface area contributed by atoms with Crippen molar-refractivity contribution in [1.82, 2.24) is 4.98 Å². The summed E-state index contributed by atoms with van der Waals surface area (Å²) in [5.74, 6) is 0.817. The molecule has 0 unspecified atom stereocenters. The van der Waals surface area contributed by atoms with Crippen LogP contribution < -0.4 is 0 Å². The van der Waals surface area contributed by atoms with E-state index in [2.05, 4.69) is 59.6 Å². The van der Waals surface area contributed by atoms with Gasteiger partial charge in [-0.25, -0.2) is 0 Å². The maximum atomic E-state index is 3.53. The Labute approximate surface area is 106 Å². The lowest BCUT2D eigenvalue weighted by Gasteiger charge is -1.97. The zero-order valence-electron chi connectivity index (χ0n) is 10.2. The van der Waals surface area contributed by atoms with Crippen LogP contribution in [0.3, 0.4) is 0 Å². The molecular weight excluding hydrogens is 218 g/mol. The molecule has 0 radical (unpaired) electrons. The van der Waals surface area contributed by atoms with Crippen molar-refractivity contribution in [3.05, 3.63) is 60.2 Å². The van der Waals surface area contributed by atoms with Crippen molar-refractivity contribution in [3.63, 3.8) is 0 Å². The predicted octanol–water partition coefficient (Wildman–Crippen LogP) is 4.71. The van der Waals surface area contributed by atoms with Crippen LogP contribution in [0.1, 0.15) is 24.3 Å². The molecule has 1 aliphatic carbocycles. The molecule has 4 rings (SSSR count). The van der Waals surface area contributed by atoms with Crippen LogP contribution in [-0.2, 0) is 0 Å². The van der Waals surface area contributed by atoms with Crippen LogP contribution >= 0.6 is 0 Å². The third kappa shape index (κ3) is 1.63. The molecule has 1 aliphatic rings. The Morgan fingerprint density at radius 3 is 2.50 bits per heavy atom. The van der Waals surface area contributed by atoms with Gasteiger partial charge in [-0.15, -0.1) is 0 Å². The Balaban J connectivity index is 1.83. The first-order valence-corrected chi connectivity index (χ1v) is 6.58. The van der Waals surface area contributed by atoms with E-state index in [1.165, 1.54) is 40.6 Å². The molecule has 88 valence electrons. The first kappa shape index (κ1) is 9.95. The van der Waals surface area contributed by atoms with Crippen LogP contribution in [0.15, 0.2) is 54.6 Å². The van der Waals surface area contributed by atoms with Gasteiger partial charge in [0.15, 0.2) is 0 Å². The molecule has 1 nitrogen and oxygen atoms in total. The van der Waals surface area contributed by atoms with Crippen LogP contribution in [-0.4, -0.2) is 4.98 Å². The minimum Gasteiger partial charge on any atom is -0.355 e. The normalized spacial score (nSPS) is 15.1. The van der Waals surface area contributed by atoms with Gasteiger partial charge in [0.05, 0.1) is 0 Å². The number of benzene rings is 2. The lowest BCUT2D eigenvalue weighted by molar-refractivity contribution is 1.13. The number of H-pyrrole nitrogens is 1. The molecule has 0 atom stereocenters. The molecule has 1 heteroatoms. The van der Waals surface area contributed by atoms with Crippen LogP contribution in [0, 0.1) is 0 Å². The molecule has 1 N–H and O–H groups in total. The molecule has 0 saturated heterocycles. The lowest BCUT2D eigenvalue weighted by Crippen LogP contribution is -1.78. The van der Waals surface area contributed by atoms with Crippen molar-refractivity contribution in [1.29, 1.82) is 0 Å². The highest BCUT2D eigenvalue weighted by Crippen LogP contribution is 2.41. The summed E-state index contributed by atoms with van der Waals surface area (Å²) in [6, 6.07) is 19.6. The molecule has 1 fully saturated rings. The first-order valence-electron chi connectivity index (χ1n) is 6.58. The maximum absolute atomic E-state index is 3.53. The number of aromatic nitrogens is 1. The second-order valence-corrected chi connectivity index (χ2v) is 5.17. The Hall–Kier alpha value is -2.02. The molecule has 2 aromatic carbocycles. The largest absolute Gasteiger partial charge is 0.355 e. The van der Waals surface area contributed by atoms with E-state index < -0.39 is 0 Å². The SMILES string of the molecule is c1ccc(-c2cc3ccc(C4CC4)cc3[nH]2)cc1. The Morgan fingerprint density at radius 2 is 1.72 bits per heavy atom. The fourth-order valence-electron chi connectivity index (χ4n) is 2.59. The number of hydrogen-bond donors (Lipinski definition) is 1. The quantitative estimate of drug-likeness (QED) is 0.659. The van der Waals surface area contributed by atoms with Crippen molar-refractivity contribution in [2.75, 3.05) is 0 Å². The fraction of sp³-hybridized carbons (Fsp3) is 0.176. The highest BCUT2D eigenvalue weighted by Gasteiger charge is 2.23. The highest BCUT2D eigenvalue weighted by molar-refractivity contribution is 5.86. The molecule has 1 heterocycles. The summed E-state index contributed by atoms with van der Waals surface area (Å²) in [6.45, 7) is 0. The third-order valence-corrected chi connectivity index (χ3v) is 3.78. The number of fused-ring (bicyclic) bond motifs is 1. The zero-order valence-corrected chi connectivity index (χ0v) is 10.2. The molecule has 0 spiro atoms. The Bertz CT molecular complexity index is 690. The molecular formula is C17H15N. The van der Waals surface area contributed by atoms with Gasteiger partial charge >= 0.3 is 0 Å². The summed E-state index contributed by atoms with van der Waals surface area (Å²) in [7, 11) is 0. The van der Waals surface area contributed by atoms with Gasteiger partial charge in [0.25, 0.3) is 0 Å². The molecule has 1 saturated carbocycles. The Morgan fingerprint density at radius 1 is 0.889 bits per heavy atom. The van der Waals surface area contributed by atoms with Crippen LogP contribution in [0.4, 0.5) is 0 Å².